The second kappa shape index (κ2) is 5.29. The van der Waals surface area contributed by atoms with Gasteiger partial charge in [-0.25, -0.2) is 0 Å². The van der Waals surface area contributed by atoms with Gasteiger partial charge in [0.15, 0.2) is 0 Å². The van der Waals surface area contributed by atoms with E-state index in [0.717, 1.165) is 16.9 Å². The molecule has 2 aliphatic rings. The molecule has 0 radical (unpaired) electrons. The predicted molar refractivity (Wildman–Crippen MR) is 80.4 cm³/mol. The lowest BCUT2D eigenvalue weighted by molar-refractivity contribution is -0.118. The van der Waals surface area contributed by atoms with Crippen molar-refractivity contribution in [1.29, 1.82) is 0 Å². The van der Waals surface area contributed by atoms with E-state index in [1.54, 1.807) is 11.9 Å². The first kappa shape index (κ1) is 14.3. The number of hydrogen-bond donors (Lipinski definition) is 2. The molecule has 1 aromatic rings. The van der Waals surface area contributed by atoms with Crippen LogP contribution in [0.25, 0.3) is 0 Å². The van der Waals surface area contributed by atoms with Crippen LogP contribution in [0.15, 0.2) is 18.2 Å². The molecule has 1 aromatic carbocycles. The highest BCUT2D eigenvalue weighted by atomic mass is 16.5. The van der Waals surface area contributed by atoms with Crippen molar-refractivity contribution in [3.63, 3.8) is 0 Å². The Morgan fingerprint density at radius 3 is 2.95 bits per heavy atom. The van der Waals surface area contributed by atoms with Crippen LogP contribution in [0.4, 0.5) is 11.4 Å². The fourth-order valence-electron chi connectivity index (χ4n) is 3.01. The smallest absolute Gasteiger partial charge is 0.248 e. The summed E-state index contributed by atoms with van der Waals surface area (Å²) in [5, 5.41) is 9.29. The maximum Gasteiger partial charge on any atom is 0.248 e. The van der Waals surface area contributed by atoms with Gasteiger partial charge in [0.05, 0.1) is 25.0 Å². The molecule has 0 aliphatic carbocycles. The number of anilines is 2. The van der Waals surface area contributed by atoms with Crippen LogP contribution < -0.4 is 15.5 Å². The Hall–Kier alpha value is -1.63. The normalized spacial score (nSPS) is 29.0. The Balaban J connectivity index is 1.92. The molecule has 1 fully saturated rings. The first-order valence-corrected chi connectivity index (χ1v) is 7.19. The third kappa shape index (κ3) is 2.29. The molecule has 6 heteroatoms. The molecule has 3 rings (SSSR count). The van der Waals surface area contributed by atoms with Crippen molar-refractivity contribution in [3.05, 3.63) is 23.8 Å². The number of nitrogens with zero attached hydrogens (tertiary/aromatic N) is 2. The van der Waals surface area contributed by atoms with E-state index in [4.69, 9.17) is 10.5 Å². The van der Waals surface area contributed by atoms with Crippen molar-refractivity contribution in [3.8, 4) is 0 Å². The van der Waals surface area contributed by atoms with Crippen LogP contribution in [0.2, 0.25) is 0 Å². The predicted octanol–water partition coefficient (Wildman–Crippen LogP) is 0.249. The Kier molecular flexibility index (Phi) is 3.61. The number of aliphatic hydroxyl groups excluding tert-OH is 1. The maximum atomic E-state index is 11.9. The Bertz CT molecular complexity index is 563. The lowest BCUT2D eigenvalue weighted by Gasteiger charge is -2.39. The minimum atomic E-state index is -0.564. The zero-order valence-electron chi connectivity index (χ0n) is 12.3. The highest BCUT2D eigenvalue weighted by Gasteiger charge is 2.33. The van der Waals surface area contributed by atoms with E-state index < -0.39 is 6.04 Å². The number of rotatable bonds is 2. The molecule has 21 heavy (non-hydrogen) atoms. The summed E-state index contributed by atoms with van der Waals surface area (Å²) in [5.74, 6) is -0.0783. The zero-order valence-corrected chi connectivity index (χ0v) is 12.3. The average Bonchev–Trinajstić information content (AvgIpc) is 2.72. The molecule has 1 amide bonds. The van der Waals surface area contributed by atoms with Gasteiger partial charge in [0.25, 0.3) is 0 Å². The lowest BCUT2D eigenvalue weighted by Crippen LogP contribution is -2.49. The number of morpholine rings is 1. The number of fused-ring (bicyclic) bond motifs is 1. The second-order valence-electron chi connectivity index (χ2n) is 5.76. The number of likely N-dealkylation sites (N-methyl/N-ethyl adjacent to an activating group) is 1. The number of nitrogens with two attached hydrogens (primary N) is 1. The van der Waals surface area contributed by atoms with Gasteiger partial charge in [-0.2, -0.15) is 0 Å². The molecule has 3 N–H and O–H groups in total. The molecular formula is C15H21N3O3. The average molecular weight is 291 g/mol. The summed E-state index contributed by atoms with van der Waals surface area (Å²) < 4.78 is 5.56. The van der Waals surface area contributed by atoms with Crippen molar-refractivity contribution >= 4 is 17.3 Å². The molecule has 0 aromatic heterocycles. The summed E-state index contributed by atoms with van der Waals surface area (Å²) in [5.41, 5.74) is 8.68. The Labute approximate surface area is 124 Å². The van der Waals surface area contributed by atoms with Gasteiger partial charge in [-0.05, 0) is 19.1 Å². The molecule has 6 nitrogen and oxygen atoms in total. The van der Waals surface area contributed by atoms with Crippen molar-refractivity contribution in [2.75, 3.05) is 36.6 Å². The SMILES string of the molecule is CC1COC(CO)CN1c1ccc2c(c1)N(C)C(=O)C2N. The number of aliphatic hydroxyl groups is 1. The molecule has 1 saturated heterocycles. The van der Waals surface area contributed by atoms with Gasteiger partial charge in [0, 0.05) is 30.9 Å². The van der Waals surface area contributed by atoms with Gasteiger partial charge >= 0.3 is 0 Å². The van der Waals surface area contributed by atoms with E-state index in [1.807, 2.05) is 18.2 Å². The minimum absolute atomic E-state index is 0.0113. The fraction of sp³-hybridized carbons (Fsp3) is 0.533. The van der Waals surface area contributed by atoms with Crippen LogP contribution in [-0.2, 0) is 9.53 Å². The largest absolute Gasteiger partial charge is 0.394 e. The van der Waals surface area contributed by atoms with Crippen LogP contribution in [0, 0.1) is 0 Å². The van der Waals surface area contributed by atoms with Gasteiger partial charge < -0.3 is 25.4 Å². The number of ether oxygens (including phenoxy) is 1. The standard InChI is InChI=1S/C15H21N3O3/c1-9-8-21-11(7-19)6-18(9)10-3-4-12-13(5-10)17(2)15(20)14(12)16/h3-5,9,11,14,19H,6-8,16H2,1-2H3. The van der Waals surface area contributed by atoms with E-state index in [0.29, 0.717) is 13.2 Å². The van der Waals surface area contributed by atoms with E-state index in [2.05, 4.69) is 11.8 Å². The first-order valence-electron chi connectivity index (χ1n) is 7.19. The Morgan fingerprint density at radius 2 is 2.24 bits per heavy atom. The fourth-order valence-corrected chi connectivity index (χ4v) is 3.01. The van der Waals surface area contributed by atoms with Crippen LogP contribution in [0.5, 0.6) is 0 Å². The van der Waals surface area contributed by atoms with E-state index in [9.17, 15) is 9.90 Å². The molecule has 0 spiro atoms. The summed E-state index contributed by atoms with van der Waals surface area (Å²) in [6.45, 7) is 3.32. The van der Waals surface area contributed by atoms with Crippen LogP contribution in [-0.4, -0.2) is 50.0 Å². The molecule has 0 bridgehead atoms. The van der Waals surface area contributed by atoms with Crippen LogP contribution in [0.1, 0.15) is 18.5 Å². The summed E-state index contributed by atoms with van der Waals surface area (Å²) in [4.78, 5) is 15.8. The summed E-state index contributed by atoms with van der Waals surface area (Å²) in [7, 11) is 1.75. The monoisotopic (exact) mass is 291 g/mol. The summed E-state index contributed by atoms with van der Waals surface area (Å²) >= 11 is 0. The van der Waals surface area contributed by atoms with Gasteiger partial charge in [-0.3, -0.25) is 4.79 Å². The molecular weight excluding hydrogens is 270 g/mol. The minimum Gasteiger partial charge on any atom is -0.394 e. The third-order valence-electron chi connectivity index (χ3n) is 4.35. The van der Waals surface area contributed by atoms with E-state index in [1.165, 1.54) is 0 Å². The summed E-state index contributed by atoms with van der Waals surface area (Å²) in [6.07, 6.45) is -0.170. The second-order valence-corrected chi connectivity index (χ2v) is 5.76. The molecule has 3 unspecified atom stereocenters. The van der Waals surface area contributed by atoms with Gasteiger partial charge in [-0.1, -0.05) is 6.07 Å². The van der Waals surface area contributed by atoms with Crippen LogP contribution >= 0.6 is 0 Å². The topological polar surface area (TPSA) is 79.0 Å². The number of carbonyl (C=O) groups excluding carboxylic acids is 1. The van der Waals surface area contributed by atoms with Gasteiger partial charge in [0.2, 0.25) is 5.91 Å². The molecule has 2 heterocycles. The molecule has 3 atom stereocenters. The molecule has 0 saturated carbocycles. The van der Waals surface area contributed by atoms with E-state index in [-0.39, 0.29) is 24.7 Å². The van der Waals surface area contributed by atoms with Crippen molar-refractivity contribution in [2.45, 2.75) is 25.1 Å². The van der Waals surface area contributed by atoms with Crippen molar-refractivity contribution in [1.82, 2.24) is 0 Å². The summed E-state index contributed by atoms with van der Waals surface area (Å²) in [6, 6.07) is 5.57. The number of amides is 1. The highest BCUT2D eigenvalue weighted by Crippen LogP contribution is 2.37. The van der Waals surface area contributed by atoms with Crippen LogP contribution in [0.3, 0.4) is 0 Å². The molecule has 114 valence electrons. The highest BCUT2D eigenvalue weighted by molar-refractivity contribution is 6.04. The first-order chi connectivity index (χ1) is 10.0. The van der Waals surface area contributed by atoms with Crippen molar-refractivity contribution < 1.29 is 14.6 Å². The van der Waals surface area contributed by atoms with Gasteiger partial charge in [-0.15, -0.1) is 0 Å². The number of hydrogen-bond acceptors (Lipinski definition) is 5. The third-order valence-corrected chi connectivity index (χ3v) is 4.35. The quantitative estimate of drug-likeness (QED) is 0.816. The maximum absolute atomic E-state index is 11.9. The van der Waals surface area contributed by atoms with Crippen molar-refractivity contribution in [2.24, 2.45) is 5.73 Å². The van der Waals surface area contributed by atoms with E-state index >= 15 is 0 Å². The van der Waals surface area contributed by atoms with Gasteiger partial charge in [0.1, 0.15) is 6.04 Å². The Morgan fingerprint density at radius 1 is 1.48 bits per heavy atom. The molecule has 2 aliphatic heterocycles. The number of benzene rings is 1. The zero-order chi connectivity index (χ0) is 15.1. The number of carbonyl (C=O) groups is 1. The lowest BCUT2D eigenvalue weighted by atomic mass is 10.1.